The summed E-state index contributed by atoms with van der Waals surface area (Å²) in [4.78, 5) is 61.1. The van der Waals surface area contributed by atoms with Gasteiger partial charge in [-0.2, -0.15) is 0 Å². The van der Waals surface area contributed by atoms with Crippen LogP contribution in [0.4, 0.5) is 17.1 Å². The second kappa shape index (κ2) is 14.4. The summed E-state index contributed by atoms with van der Waals surface area (Å²) in [5.41, 5.74) is 2.54. The maximum absolute atomic E-state index is 13.2. The van der Waals surface area contributed by atoms with Crippen molar-refractivity contribution in [3.8, 4) is 11.5 Å². The van der Waals surface area contributed by atoms with E-state index in [4.69, 9.17) is 9.47 Å². The van der Waals surface area contributed by atoms with Crippen LogP contribution >= 0.6 is 11.3 Å². The van der Waals surface area contributed by atoms with Crippen molar-refractivity contribution < 1.29 is 28.7 Å². The predicted octanol–water partition coefficient (Wildman–Crippen LogP) is 6.25. The summed E-state index contributed by atoms with van der Waals surface area (Å²) >= 11 is 1.47. The number of nitrogens with zero attached hydrogens (tertiary/aromatic N) is 4. The third-order valence-corrected chi connectivity index (χ3v) is 10.5. The number of methoxy groups -OCH3 is 1. The van der Waals surface area contributed by atoms with Gasteiger partial charge in [-0.3, -0.25) is 24.2 Å². The lowest BCUT2D eigenvalue weighted by Crippen LogP contribution is -2.35. The van der Waals surface area contributed by atoms with Crippen LogP contribution in [0.3, 0.4) is 0 Å². The summed E-state index contributed by atoms with van der Waals surface area (Å²) in [6.07, 6.45) is 9.26. The maximum Gasteiger partial charge on any atom is 0.272 e. The van der Waals surface area contributed by atoms with Gasteiger partial charge in [0, 0.05) is 62.0 Å². The number of aliphatic imine (C=N–C) groups is 1. The van der Waals surface area contributed by atoms with Gasteiger partial charge in [-0.1, -0.05) is 0 Å². The Morgan fingerprint density at radius 2 is 1.80 bits per heavy atom. The number of benzene rings is 2. The molecule has 0 spiro atoms. The van der Waals surface area contributed by atoms with Crippen LogP contribution in [0.15, 0.2) is 53.7 Å². The molecule has 0 saturated carbocycles. The molecule has 0 bridgehead atoms. The van der Waals surface area contributed by atoms with Crippen LogP contribution in [-0.2, 0) is 11.8 Å². The van der Waals surface area contributed by atoms with Crippen LogP contribution < -0.4 is 20.1 Å². The zero-order valence-corrected chi connectivity index (χ0v) is 29.0. The number of thiophene rings is 1. The molecule has 5 heterocycles. The molecule has 2 N–H and O–H groups in total. The fourth-order valence-electron chi connectivity index (χ4n) is 6.79. The second-order valence-electron chi connectivity index (χ2n) is 12.9. The summed E-state index contributed by atoms with van der Waals surface area (Å²) in [5, 5.41) is 6.71. The summed E-state index contributed by atoms with van der Waals surface area (Å²) in [5.74, 6) is 0.380. The lowest BCUT2D eigenvalue weighted by molar-refractivity contribution is -0.116. The van der Waals surface area contributed by atoms with Crippen molar-refractivity contribution in [2.24, 2.45) is 12.0 Å². The van der Waals surface area contributed by atoms with E-state index in [1.54, 1.807) is 36.0 Å². The molecule has 2 fully saturated rings. The second-order valence-corrected chi connectivity index (χ2v) is 14.0. The molecule has 50 heavy (non-hydrogen) atoms. The Bertz CT molecular complexity index is 1990. The zero-order chi connectivity index (χ0) is 34.8. The van der Waals surface area contributed by atoms with E-state index in [1.807, 2.05) is 40.3 Å². The number of hydrogen-bond donors (Lipinski definition) is 2. The molecule has 7 rings (SSSR count). The highest BCUT2D eigenvalue weighted by atomic mass is 32.1. The van der Waals surface area contributed by atoms with Gasteiger partial charge in [0.05, 0.1) is 41.6 Å². The number of likely N-dealkylation sites (tertiary alicyclic amines) is 1. The first-order valence-corrected chi connectivity index (χ1v) is 17.9. The SMILES string of the molecule is COc1cc2c(cc1OCCCC(=O)Nc1cc(C(=O)Nc3ccc4sc(C(=O)N5CCCCC5)cc4c3)n(C)c1)N=CC1CCCN1C2=O. The van der Waals surface area contributed by atoms with E-state index in [-0.39, 0.29) is 42.7 Å². The topological polar surface area (TPSA) is 135 Å². The van der Waals surface area contributed by atoms with Gasteiger partial charge < -0.3 is 34.5 Å². The molecule has 260 valence electrons. The highest BCUT2D eigenvalue weighted by molar-refractivity contribution is 7.20. The smallest absolute Gasteiger partial charge is 0.272 e. The summed E-state index contributed by atoms with van der Waals surface area (Å²) in [6.45, 7) is 2.56. The lowest BCUT2D eigenvalue weighted by atomic mass is 10.1. The highest BCUT2D eigenvalue weighted by Gasteiger charge is 2.32. The molecular weight excluding hydrogens is 657 g/mol. The first-order valence-electron chi connectivity index (χ1n) is 17.1. The van der Waals surface area contributed by atoms with Gasteiger partial charge in [-0.15, -0.1) is 11.3 Å². The molecule has 4 amide bonds. The fourth-order valence-corrected chi connectivity index (χ4v) is 7.80. The molecule has 2 saturated heterocycles. The van der Waals surface area contributed by atoms with Crippen molar-refractivity contribution in [1.82, 2.24) is 14.4 Å². The van der Waals surface area contributed by atoms with Crippen molar-refractivity contribution in [3.63, 3.8) is 0 Å². The minimum atomic E-state index is -0.318. The van der Waals surface area contributed by atoms with Gasteiger partial charge in [0.15, 0.2) is 11.5 Å². The number of hydrogen-bond acceptors (Lipinski definition) is 8. The van der Waals surface area contributed by atoms with Crippen molar-refractivity contribution in [3.05, 3.63) is 64.8 Å². The van der Waals surface area contributed by atoms with E-state index in [2.05, 4.69) is 15.6 Å². The average molecular weight is 697 g/mol. The molecule has 2 aromatic carbocycles. The van der Waals surface area contributed by atoms with Crippen LogP contribution in [0.1, 0.15) is 75.5 Å². The number of carbonyl (C=O) groups is 4. The quantitative estimate of drug-likeness (QED) is 0.189. The number of fused-ring (bicyclic) bond motifs is 3. The Balaban J connectivity index is 0.917. The normalized spacial score (nSPS) is 16.9. The van der Waals surface area contributed by atoms with Gasteiger partial charge in [0.25, 0.3) is 17.7 Å². The van der Waals surface area contributed by atoms with E-state index in [0.717, 1.165) is 48.9 Å². The summed E-state index contributed by atoms with van der Waals surface area (Å²) < 4.78 is 14.1. The minimum absolute atomic E-state index is 0.0111. The van der Waals surface area contributed by atoms with Crippen LogP contribution in [0.5, 0.6) is 11.5 Å². The molecule has 1 unspecified atom stereocenters. The van der Waals surface area contributed by atoms with Gasteiger partial charge in [0.1, 0.15) is 5.69 Å². The number of ether oxygens (including phenoxy) is 2. The number of piperidine rings is 1. The Hall–Kier alpha value is -5.17. The number of aryl methyl sites for hydroxylation is 1. The molecule has 0 aliphatic carbocycles. The predicted molar refractivity (Wildman–Crippen MR) is 194 cm³/mol. The summed E-state index contributed by atoms with van der Waals surface area (Å²) in [6, 6.07) is 12.6. The monoisotopic (exact) mass is 696 g/mol. The summed E-state index contributed by atoms with van der Waals surface area (Å²) in [7, 11) is 3.27. The average Bonchev–Trinajstić information content (AvgIpc) is 3.85. The van der Waals surface area contributed by atoms with Gasteiger partial charge in [-0.25, -0.2) is 0 Å². The number of carbonyl (C=O) groups excluding carboxylic acids is 4. The largest absolute Gasteiger partial charge is 0.493 e. The molecule has 4 aromatic rings. The van der Waals surface area contributed by atoms with Crippen molar-refractivity contribution in [1.29, 1.82) is 0 Å². The van der Waals surface area contributed by atoms with Crippen molar-refractivity contribution in [2.45, 2.75) is 51.0 Å². The van der Waals surface area contributed by atoms with Crippen molar-refractivity contribution >= 4 is 68.3 Å². The Morgan fingerprint density at radius 3 is 2.62 bits per heavy atom. The lowest BCUT2D eigenvalue weighted by Gasteiger charge is -2.26. The van der Waals surface area contributed by atoms with E-state index in [1.165, 1.54) is 24.9 Å². The molecule has 3 aliphatic heterocycles. The van der Waals surface area contributed by atoms with E-state index >= 15 is 0 Å². The van der Waals surface area contributed by atoms with Gasteiger partial charge in [-0.05, 0) is 80.3 Å². The van der Waals surface area contributed by atoms with Crippen molar-refractivity contribution in [2.75, 3.05) is 44.0 Å². The first-order chi connectivity index (χ1) is 24.3. The number of rotatable bonds is 10. The van der Waals surface area contributed by atoms with Crippen LogP contribution in [0.2, 0.25) is 0 Å². The fraction of sp³-hybridized carbons (Fsp3) is 0.378. The van der Waals surface area contributed by atoms with Crippen LogP contribution in [-0.4, -0.2) is 83.6 Å². The third kappa shape index (κ3) is 6.95. The Morgan fingerprint density at radius 1 is 0.960 bits per heavy atom. The van der Waals surface area contributed by atoms with Crippen LogP contribution in [0, 0.1) is 0 Å². The molecule has 2 aromatic heterocycles. The van der Waals surface area contributed by atoms with E-state index in [9.17, 15) is 19.2 Å². The first kappa shape index (κ1) is 33.3. The number of aromatic nitrogens is 1. The minimum Gasteiger partial charge on any atom is -0.493 e. The van der Waals surface area contributed by atoms with E-state index in [0.29, 0.717) is 57.7 Å². The zero-order valence-electron chi connectivity index (χ0n) is 28.2. The maximum atomic E-state index is 13.2. The number of nitrogens with one attached hydrogen (secondary N) is 2. The standard InChI is InChI=1S/C37H40N6O6S/c1-41-22-25(18-29(41)35(45)40-24-10-11-32-23(16-24)17-33(50-32)37(47)42-12-4-3-5-13-42)39-34(44)9-7-15-49-31-20-28-27(19-30(31)48-2)36(46)43-14-6-8-26(43)21-38-28/h10-11,16-22,26H,3-9,12-15H2,1-2H3,(H,39,44)(H,40,45). The van der Waals surface area contributed by atoms with Gasteiger partial charge in [0.2, 0.25) is 5.91 Å². The highest BCUT2D eigenvalue weighted by Crippen LogP contribution is 2.38. The number of amides is 4. The van der Waals surface area contributed by atoms with Crippen LogP contribution in [0.25, 0.3) is 10.1 Å². The molecule has 3 aliphatic rings. The molecule has 13 heteroatoms. The van der Waals surface area contributed by atoms with E-state index < -0.39 is 0 Å². The Kier molecular flexibility index (Phi) is 9.57. The molecule has 0 radical (unpaired) electrons. The molecule has 12 nitrogen and oxygen atoms in total. The molecule has 1 atom stereocenters. The third-order valence-electron chi connectivity index (χ3n) is 9.41. The van der Waals surface area contributed by atoms with Gasteiger partial charge >= 0.3 is 0 Å². The molecular formula is C37H40N6O6S. The number of anilines is 2. The Labute approximate surface area is 294 Å².